The Labute approximate surface area is 122 Å². The van der Waals surface area contributed by atoms with Crippen molar-refractivity contribution in [2.45, 2.75) is 30.8 Å². The van der Waals surface area contributed by atoms with Gasteiger partial charge in [0.25, 0.3) is 0 Å². The Morgan fingerprint density at radius 1 is 1.55 bits per heavy atom. The van der Waals surface area contributed by atoms with Gasteiger partial charge in [0, 0.05) is 18.9 Å². The molecule has 0 spiro atoms. The van der Waals surface area contributed by atoms with Crippen molar-refractivity contribution >= 4 is 32.7 Å². The van der Waals surface area contributed by atoms with Gasteiger partial charge >= 0.3 is 0 Å². The van der Waals surface area contributed by atoms with Crippen LogP contribution in [-0.4, -0.2) is 36.1 Å². The molecule has 0 radical (unpaired) electrons. The van der Waals surface area contributed by atoms with Crippen LogP contribution in [0.5, 0.6) is 0 Å². The average molecular weight is 318 g/mol. The van der Waals surface area contributed by atoms with Crippen LogP contribution >= 0.6 is 11.6 Å². The summed E-state index contributed by atoms with van der Waals surface area (Å²) in [5.74, 6) is 0. The topological polar surface area (TPSA) is 95.1 Å². The number of hydrogen-bond donors (Lipinski definition) is 3. The van der Waals surface area contributed by atoms with Crippen LogP contribution in [0.3, 0.4) is 0 Å². The third-order valence-electron chi connectivity index (χ3n) is 2.91. The van der Waals surface area contributed by atoms with Gasteiger partial charge in [-0.3, -0.25) is 0 Å². The molecule has 2 heterocycles. The van der Waals surface area contributed by atoms with Crippen molar-refractivity contribution in [3.63, 3.8) is 0 Å². The number of fused-ring (bicyclic) bond motifs is 1. The highest BCUT2D eigenvalue weighted by atomic mass is 35.5. The van der Waals surface area contributed by atoms with E-state index in [0.29, 0.717) is 22.5 Å². The second-order valence-corrected chi connectivity index (χ2v) is 6.61. The second kappa shape index (κ2) is 6.09. The first-order valence-corrected chi connectivity index (χ1v) is 8.11. The standard InChI is InChI=1S/C12H16ClN3O3S/c1-2-3-8(17)6-16-20(18,19)10-7-15-12-11(10)9(13)4-5-14-12/h4-5,7-8,16-17H,2-3,6H2,1H3,(H,14,15). The molecule has 0 aromatic carbocycles. The summed E-state index contributed by atoms with van der Waals surface area (Å²) in [4.78, 5) is 6.83. The van der Waals surface area contributed by atoms with E-state index < -0.39 is 16.1 Å². The van der Waals surface area contributed by atoms with E-state index in [-0.39, 0.29) is 11.4 Å². The molecule has 2 aromatic rings. The summed E-state index contributed by atoms with van der Waals surface area (Å²) in [6.45, 7) is 1.89. The van der Waals surface area contributed by atoms with Crippen molar-refractivity contribution < 1.29 is 13.5 Å². The Morgan fingerprint density at radius 3 is 3.00 bits per heavy atom. The number of aliphatic hydroxyl groups excluding tert-OH is 1. The molecule has 0 aliphatic carbocycles. The van der Waals surface area contributed by atoms with Gasteiger partial charge in [-0.15, -0.1) is 0 Å². The Balaban J connectivity index is 2.28. The van der Waals surface area contributed by atoms with Crippen molar-refractivity contribution in [1.82, 2.24) is 14.7 Å². The van der Waals surface area contributed by atoms with Crippen molar-refractivity contribution in [2.75, 3.05) is 6.54 Å². The number of halogens is 1. The van der Waals surface area contributed by atoms with E-state index in [1.807, 2.05) is 6.92 Å². The van der Waals surface area contributed by atoms with Crippen LogP contribution in [0.4, 0.5) is 0 Å². The third-order valence-corrected chi connectivity index (χ3v) is 4.67. The van der Waals surface area contributed by atoms with Gasteiger partial charge in [-0.1, -0.05) is 24.9 Å². The maximum Gasteiger partial charge on any atom is 0.242 e. The molecule has 2 rings (SSSR count). The lowest BCUT2D eigenvalue weighted by atomic mass is 10.2. The first-order valence-electron chi connectivity index (χ1n) is 6.25. The fourth-order valence-electron chi connectivity index (χ4n) is 1.92. The van der Waals surface area contributed by atoms with Crippen molar-refractivity contribution in [3.8, 4) is 0 Å². The number of H-pyrrole nitrogens is 1. The molecule has 0 bridgehead atoms. The molecule has 0 amide bonds. The van der Waals surface area contributed by atoms with Crippen LogP contribution in [0.1, 0.15) is 19.8 Å². The molecule has 0 saturated heterocycles. The molecule has 0 fully saturated rings. The maximum absolute atomic E-state index is 12.2. The van der Waals surface area contributed by atoms with Crippen LogP contribution in [0, 0.1) is 0 Å². The van der Waals surface area contributed by atoms with Gasteiger partial charge in [-0.25, -0.2) is 18.1 Å². The molecular weight excluding hydrogens is 302 g/mol. The molecule has 0 aliphatic rings. The third kappa shape index (κ3) is 3.12. The number of hydrogen-bond acceptors (Lipinski definition) is 4. The Kier molecular flexibility index (Phi) is 4.64. The van der Waals surface area contributed by atoms with E-state index in [9.17, 15) is 13.5 Å². The quantitative estimate of drug-likeness (QED) is 0.755. The Bertz CT molecular complexity index is 699. The summed E-state index contributed by atoms with van der Waals surface area (Å²) < 4.78 is 26.9. The van der Waals surface area contributed by atoms with E-state index in [2.05, 4.69) is 14.7 Å². The molecule has 3 N–H and O–H groups in total. The van der Waals surface area contributed by atoms with E-state index in [4.69, 9.17) is 11.6 Å². The van der Waals surface area contributed by atoms with Gasteiger partial charge in [0.05, 0.1) is 16.5 Å². The smallest absolute Gasteiger partial charge is 0.242 e. The van der Waals surface area contributed by atoms with Crippen LogP contribution < -0.4 is 4.72 Å². The fraction of sp³-hybridized carbons (Fsp3) is 0.417. The molecule has 20 heavy (non-hydrogen) atoms. The minimum absolute atomic E-state index is 0.0271. The zero-order valence-corrected chi connectivity index (χ0v) is 12.5. The number of aromatic nitrogens is 2. The Hall–Kier alpha value is -1.15. The minimum atomic E-state index is -3.75. The summed E-state index contributed by atoms with van der Waals surface area (Å²) in [5, 5.41) is 10.3. The van der Waals surface area contributed by atoms with Gasteiger partial charge in [0.15, 0.2) is 0 Å². The van der Waals surface area contributed by atoms with Gasteiger partial charge in [-0.2, -0.15) is 0 Å². The average Bonchev–Trinajstić information content (AvgIpc) is 2.83. The number of nitrogens with zero attached hydrogens (tertiary/aromatic N) is 1. The highest BCUT2D eigenvalue weighted by Crippen LogP contribution is 2.27. The molecule has 110 valence electrons. The number of pyridine rings is 1. The predicted octanol–water partition coefficient (Wildman–Crippen LogP) is 1.66. The van der Waals surface area contributed by atoms with E-state index in [1.54, 1.807) is 0 Å². The summed E-state index contributed by atoms with van der Waals surface area (Å²) in [5.41, 5.74) is 0.409. The molecule has 1 unspecified atom stereocenters. The lowest BCUT2D eigenvalue weighted by Gasteiger charge is -2.10. The summed E-state index contributed by atoms with van der Waals surface area (Å²) in [6, 6.07) is 1.53. The summed E-state index contributed by atoms with van der Waals surface area (Å²) in [7, 11) is -3.75. The zero-order chi connectivity index (χ0) is 14.8. The second-order valence-electron chi connectivity index (χ2n) is 4.46. The van der Waals surface area contributed by atoms with Crippen LogP contribution in [0.2, 0.25) is 5.02 Å². The molecular formula is C12H16ClN3O3S. The highest BCUT2D eigenvalue weighted by Gasteiger charge is 2.21. The lowest BCUT2D eigenvalue weighted by molar-refractivity contribution is 0.167. The normalized spacial score (nSPS) is 13.8. The predicted molar refractivity (Wildman–Crippen MR) is 77.2 cm³/mol. The van der Waals surface area contributed by atoms with Crippen LogP contribution in [0.15, 0.2) is 23.4 Å². The summed E-state index contributed by atoms with van der Waals surface area (Å²) >= 11 is 6.02. The number of sulfonamides is 1. The number of rotatable bonds is 6. The number of aromatic amines is 1. The van der Waals surface area contributed by atoms with E-state index >= 15 is 0 Å². The van der Waals surface area contributed by atoms with Gasteiger partial charge in [-0.05, 0) is 12.5 Å². The van der Waals surface area contributed by atoms with Crippen molar-refractivity contribution in [2.24, 2.45) is 0 Å². The Morgan fingerprint density at radius 2 is 2.30 bits per heavy atom. The number of aliphatic hydroxyl groups is 1. The van der Waals surface area contributed by atoms with Gasteiger partial charge in [0.1, 0.15) is 10.5 Å². The van der Waals surface area contributed by atoms with Crippen LogP contribution in [0.25, 0.3) is 11.0 Å². The van der Waals surface area contributed by atoms with Crippen LogP contribution in [-0.2, 0) is 10.0 Å². The van der Waals surface area contributed by atoms with E-state index in [1.165, 1.54) is 18.5 Å². The molecule has 0 aliphatic heterocycles. The lowest BCUT2D eigenvalue weighted by Crippen LogP contribution is -2.32. The minimum Gasteiger partial charge on any atom is -0.392 e. The SMILES string of the molecule is CCCC(O)CNS(=O)(=O)c1c[nH]c2nccc(Cl)c12. The molecule has 0 saturated carbocycles. The molecule has 8 heteroatoms. The van der Waals surface area contributed by atoms with Gasteiger partial charge < -0.3 is 10.1 Å². The largest absolute Gasteiger partial charge is 0.392 e. The van der Waals surface area contributed by atoms with Crippen molar-refractivity contribution in [1.29, 1.82) is 0 Å². The van der Waals surface area contributed by atoms with Gasteiger partial charge in [0.2, 0.25) is 10.0 Å². The monoisotopic (exact) mass is 317 g/mol. The first kappa shape index (κ1) is 15.2. The molecule has 6 nitrogen and oxygen atoms in total. The zero-order valence-electron chi connectivity index (χ0n) is 10.9. The maximum atomic E-state index is 12.2. The number of nitrogens with one attached hydrogen (secondary N) is 2. The summed E-state index contributed by atoms with van der Waals surface area (Å²) in [6.07, 6.45) is 3.46. The molecule has 2 aromatic heterocycles. The molecule has 1 atom stereocenters. The van der Waals surface area contributed by atoms with E-state index in [0.717, 1.165) is 6.42 Å². The fourth-order valence-corrected chi connectivity index (χ4v) is 3.48. The first-order chi connectivity index (χ1) is 9.45. The van der Waals surface area contributed by atoms with Crippen molar-refractivity contribution in [3.05, 3.63) is 23.5 Å². The highest BCUT2D eigenvalue weighted by molar-refractivity contribution is 7.89.